The van der Waals surface area contributed by atoms with Crippen LogP contribution in [0.25, 0.3) is 0 Å². The van der Waals surface area contributed by atoms with E-state index in [1.54, 1.807) is 0 Å². The van der Waals surface area contributed by atoms with Crippen LogP contribution >= 0.6 is 0 Å². The van der Waals surface area contributed by atoms with Gasteiger partial charge in [0.25, 0.3) is 0 Å². The molecule has 1 aliphatic carbocycles. The van der Waals surface area contributed by atoms with E-state index >= 15 is 0 Å². The fraction of sp³-hybridized carbons (Fsp3) is 0.769. The normalized spacial score (nSPS) is 15.6. The fourth-order valence-corrected chi connectivity index (χ4v) is 1.75. The van der Waals surface area contributed by atoms with Gasteiger partial charge in [0.2, 0.25) is 5.91 Å². The molecule has 1 aliphatic rings. The summed E-state index contributed by atoms with van der Waals surface area (Å²) in [7, 11) is 0. The van der Waals surface area contributed by atoms with Crippen LogP contribution in [0.3, 0.4) is 0 Å². The highest BCUT2D eigenvalue weighted by Crippen LogP contribution is 2.28. The number of carbonyl (C=O) groups excluding carboxylic acids is 2. The van der Waals surface area contributed by atoms with Crippen molar-refractivity contribution in [3.05, 3.63) is 0 Å². The van der Waals surface area contributed by atoms with Crippen molar-refractivity contribution in [2.45, 2.75) is 39.2 Å². The van der Waals surface area contributed by atoms with Crippen LogP contribution in [-0.4, -0.2) is 42.1 Å². The van der Waals surface area contributed by atoms with Gasteiger partial charge in [-0.15, -0.1) is 0 Å². The third-order valence-electron chi connectivity index (χ3n) is 2.97. The molecule has 1 rings (SSSR count). The summed E-state index contributed by atoms with van der Waals surface area (Å²) in [4.78, 5) is 33.8. The van der Waals surface area contributed by atoms with Crippen molar-refractivity contribution < 1.29 is 19.5 Å². The van der Waals surface area contributed by atoms with Gasteiger partial charge in [0.1, 0.15) is 6.04 Å². The third-order valence-corrected chi connectivity index (χ3v) is 2.97. The monoisotopic (exact) mass is 285 g/mol. The molecule has 0 radical (unpaired) electrons. The first-order valence-electron chi connectivity index (χ1n) is 6.95. The molecule has 7 heteroatoms. The second-order valence-corrected chi connectivity index (χ2v) is 5.49. The number of hydrogen-bond acceptors (Lipinski definition) is 3. The molecule has 1 fully saturated rings. The van der Waals surface area contributed by atoms with Crippen LogP contribution in [-0.2, 0) is 9.59 Å². The Bertz CT molecular complexity index is 367. The number of amides is 3. The number of nitrogens with one attached hydrogen (secondary N) is 3. The third kappa shape index (κ3) is 6.40. The summed E-state index contributed by atoms with van der Waals surface area (Å²) in [5.41, 5.74) is 0. The highest BCUT2D eigenvalue weighted by Gasteiger charge is 2.29. The molecule has 1 atom stereocenters. The van der Waals surface area contributed by atoms with Crippen LogP contribution in [0.4, 0.5) is 4.79 Å². The number of hydrogen-bond donors (Lipinski definition) is 4. The summed E-state index contributed by atoms with van der Waals surface area (Å²) in [6, 6.07) is -1.42. The molecule has 20 heavy (non-hydrogen) atoms. The molecule has 1 saturated carbocycles. The summed E-state index contributed by atoms with van der Waals surface area (Å²) < 4.78 is 0. The zero-order valence-corrected chi connectivity index (χ0v) is 11.9. The second-order valence-electron chi connectivity index (χ2n) is 5.49. The van der Waals surface area contributed by atoms with Gasteiger partial charge in [-0.2, -0.15) is 0 Å². The summed E-state index contributed by atoms with van der Waals surface area (Å²) in [5, 5.41) is 16.6. The van der Waals surface area contributed by atoms with Crippen molar-refractivity contribution in [2.75, 3.05) is 13.1 Å². The van der Waals surface area contributed by atoms with E-state index in [0.717, 1.165) is 12.8 Å². The molecule has 0 spiro atoms. The van der Waals surface area contributed by atoms with Gasteiger partial charge in [0.15, 0.2) is 0 Å². The van der Waals surface area contributed by atoms with E-state index in [1.807, 2.05) is 13.8 Å². The maximum atomic E-state index is 11.5. The molecule has 4 N–H and O–H groups in total. The van der Waals surface area contributed by atoms with Gasteiger partial charge in [-0.25, -0.2) is 9.59 Å². The summed E-state index contributed by atoms with van der Waals surface area (Å²) in [6.45, 7) is 4.41. The van der Waals surface area contributed by atoms with Crippen LogP contribution in [0, 0.1) is 11.8 Å². The Morgan fingerprint density at radius 2 is 1.75 bits per heavy atom. The number of urea groups is 1. The quantitative estimate of drug-likeness (QED) is 0.481. The highest BCUT2D eigenvalue weighted by molar-refractivity contribution is 5.82. The zero-order valence-electron chi connectivity index (χ0n) is 11.9. The lowest BCUT2D eigenvalue weighted by atomic mass is 10.0. The first-order chi connectivity index (χ1) is 9.40. The Balaban J connectivity index is 2.16. The van der Waals surface area contributed by atoms with E-state index in [4.69, 9.17) is 5.11 Å². The maximum Gasteiger partial charge on any atom is 0.326 e. The van der Waals surface area contributed by atoms with Crippen molar-refractivity contribution in [3.8, 4) is 0 Å². The number of carboxylic acid groups (broad SMARTS) is 1. The Morgan fingerprint density at radius 1 is 1.15 bits per heavy atom. The topological polar surface area (TPSA) is 108 Å². The number of aliphatic carboxylic acids is 1. The van der Waals surface area contributed by atoms with Gasteiger partial charge in [-0.3, -0.25) is 4.79 Å². The smallest absolute Gasteiger partial charge is 0.326 e. The molecular weight excluding hydrogens is 262 g/mol. The van der Waals surface area contributed by atoms with Gasteiger partial charge >= 0.3 is 12.0 Å². The summed E-state index contributed by atoms with van der Waals surface area (Å²) in [5.74, 6) is -0.702. The minimum Gasteiger partial charge on any atom is -0.480 e. The fourth-order valence-electron chi connectivity index (χ4n) is 1.75. The second kappa shape index (κ2) is 7.72. The average Bonchev–Trinajstić information content (AvgIpc) is 3.17. The van der Waals surface area contributed by atoms with Crippen molar-refractivity contribution in [3.63, 3.8) is 0 Å². The molecule has 3 amide bonds. The lowest BCUT2D eigenvalue weighted by molar-refractivity contribution is -0.139. The first kappa shape index (κ1) is 16.3. The average molecular weight is 285 g/mol. The molecule has 0 aromatic carbocycles. The lowest BCUT2D eigenvalue weighted by Crippen LogP contribution is -2.48. The van der Waals surface area contributed by atoms with Crippen LogP contribution in [0.2, 0.25) is 0 Å². The van der Waals surface area contributed by atoms with Crippen molar-refractivity contribution >= 4 is 17.9 Å². The lowest BCUT2D eigenvalue weighted by Gasteiger charge is -2.17. The van der Waals surface area contributed by atoms with Crippen LogP contribution < -0.4 is 16.0 Å². The molecule has 0 heterocycles. The molecule has 0 aliphatic heterocycles. The van der Waals surface area contributed by atoms with E-state index in [-0.39, 0.29) is 24.3 Å². The predicted octanol–water partition coefficient (Wildman–Crippen LogP) is 0.311. The van der Waals surface area contributed by atoms with Crippen molar-refractivity contribution in [2.24, 2.45) is 11.8 Å². The predicted molar refractivity (Wildman–Crippen MR) is 73.1 cm³/mol. The van der Waals surface area contributed by atoms with E-state index in [9.17, 15) is 14.4 Å². The van der Waals surface area contributed by atoms with Gasteiger partial charge in [0, 0.05) is 19.0 Å². The largest absolute Gasteiger partial charge is 0.480 e. The van der Waals surface area contributed by atoms with Gasteiger partial charge in [-0.05, 0) is 25.2 Å². The number of carboxylic acids is 1. The molecule has 7 nitrogen and oxygen atoms in total. The van der Waals surface area contributed by atoms with Gasteiger partial charge in [0.05, 0.1) is 0 Å². The first-order valence-corrected chi connectivity index (χ1v) is 6.95. The molecule has 0 aromatic heterocycles. The Kier molecular flexibility index (Phi) is 6.27. The molecular formula is C13H23N3O4. The summed E-state index contributed by atoms with van der Waals surface area (Å²) >= 11 is 0. The van der Waals surface area contributed by atoms with Crippen LogP contribution in [0.15, 0.2) is 0 Å². The molecule has 0 bridgehead atoms. The van der Waals surface area contributed by atoms with Gasteiger partial charge in [-0.1, -0.05) is 13.8 Å². The van der Waals surface area contributed by atoms with Crippen LogP contribution in [0.5, 0.6) is 0 Å². The van der Waals surface area contributed by atoms with E-state index in [1.165, 1.54) is 0 Å². The maximum absolute atomic E-state index is 11.5. The zero-order chi connectivity index (χ0) is 15.1. The van der Waals surface area contributed by atoms with Crippen LogP contribution in [0.1, 0.15) is 33.1 Å². The van der Waals surface area contributed by atoms with E-state index in [2.05, 4.69) is 16.0 Å². The Labute approximate surface area is 118 Å². The Morgan fingerprint density at radius 3 is 2.25 bits per heavy atom. The SMILES string of the molecule is CC(C)CC(NC(=O)NCCNC(=O)C1CC1)C(=O)O. The summed E-state index contributed by atoms with van der Waals surface area (Å²) in [6.07, 6.45) is 2.26. The number of rotatable bonds is 8. The molecule has 114 valence electrons. The van der Waals surface area contributed by atoms with Gasteiger partial charge < -0.3 is 21.1 Å². The Hall–Kier alpha value is -1.79. The van der Waals surface area contributed by atoms with E-state index < -0.39 is 18.0 Å². The highest BCUT2D eigenvalue weighted by atomic mass is 16.4. The van der Waals surface area contributed by atoms with Crippen molar-refractivity contribution in [1.82, 2.24) is 16.0 Å². The standard InChI is InChI=1S/C13H23N3O4/c1-8(2)7-10(12(18)19)16-13(20)15-6-5-14-11(17)9-3-4-9/h8-10H,3-7H2,1-2H3,(H,14,17)(H,18,19)(H2,15,16,20). The minimum absolute atomic E-state index is 0.0235. The number of carbonyl (C=O) groups is 3. The molecule has 0 aromatic rings. The molecule has 0 saturated heterocycles. The molecule has 1 unspecified atom stereocenters. The minimum atomic E-state index is -1.05. The van der Waals surface area contributed by atoms with Crippen molar-refractivity contribution in [1.29, 1.82) is 0 Å². The van der Waals surface area contributed by atoms with E-state index in [0.29, 0.717) is 13.0 Å².